The van der Waals surface area contributed by atoms with Gasteiger partial charge in [-0.25, -0.2) is 0 Å². The second-order valence-corrected chi connectivity index (χ2v) is 6.05. The van der Waals surface area contributed by atoms with Gasteiger partial charge < -0.3 is 19.5 Å². The van der Waals surface area contributed by atoms with Crippen LogP contribution >= 0.6 is 0 Å². The number of hydrogen-bond donors (Lipinski definition) is 2. The van der Waals surface area contributed by atoms with Crippen molar-refractivity contribution in [1.29, 1.82) is 0 Å². The van der Waals surface area contributed by atoms with E-state index in [0.29, 0.717) is 31.9 Å². The van der Waals surface area contributed by atoms with E-state index in [1.165, 1.54) is 0 Å². The number of aromatic nitrogens is 1. The lowest BCUT2D eigenvalue weighted by Crippen LogP contribution is -2.27. The largest absolute Gasteiger partial charge is 0.423 e. The smallest absolute Gasteiger partial charge is 0.298 e. The van der Waals surface area contributed by atoms with Gasteiger partial charge in [0.2, 0.25) is 0 Å². The number of hydrogen-bond acceptors (Lipinski definition) is 5. The molecule has 2 aromatic carbocycles. The summed E-state index contributed by atoms with van der Waals surface area (Å²) in [6.45, 7) is 1.46. The minimum atomic E-state index is 0.105. The summed E-state index contributed by atoms with van der Waals surface area (Å²) in [5.74, 6) is 0.727. The average Bonchev–Trinajstić information content (AvgIpc) is 3.15. The van der Waals surface area contributed by atoms with E-state index in [-0.39, 0.29) is 13.2 Å². The number of oxazole rings is 1. The Balaban J connectivity index is 2.02. The van der Waals surface area contributed by atoms with E-state index < -0.39 is 0 Å². The van der Waals surface area contributed by atoms with E-state index in [1.807, 2.05) is 65.6 Å². The number of aliphatic hydroxyl groups excluding tert-OH is 2. The van der Waals surface area contributed by atoms with Gasteiger partial charge in [0, 0.05) is 37.4 Å². The Bertz CT molecular complexity index is 723. The van der Waals surface area contributed by atoms with Crippen molar-refractivity contribution in [2.45, 2.75) is 12.8 Å². The maximum Gasteiger partial charge on any atom is 0.298 e. The molecule has 1 aromatic heterocycles. The van der Waals surface area contributed by atoms with Gasteiger partial charge >= 0.3 is 0 Å². The summed E-state index contributed by atoms with van der Waals surface area (Å²) in [7, 11) is 0. The molecule has 3 aromatic rings. The Kier molecular flexibility index (Phi) is 6.41. The molecule has 0 fully saturated rings. The summed E-state index contributed by atoms with van der Waals surface area (Å²) < 4.78 is 6.16. The number of anilines is 1. The summed E-state index contributed by atoms with van der Waals surface area (Å²) in [6.07, 6.45) is 1.24. The first-order valence-electron chi connectivity index (χ1n) is 8.92. The minimum Gasteiger partial charge on any atom is -0.423 e. The van der Waals surface area contributed by atoms with Crippen LogP contribution < -0.4 is 4.90 Å². The number of nitrogens with zero attached hydrogens (tertiary/aromatic N) is 2. The summed E-state index contributed by atoms with van der Waals surface area (Å²) in [4.78, 5) is 6.74. The maximum absolute atomic E-state index is 9.18. The molecule has 0 aliphatic rings. The molecule has 26 heavy (non-hydrogen) atoms. The molecule has 0 unspecified atom stereocenters. The lowest BCUT2D eigenvalue weighted by Gasteiger charge is -2.19. The van der Waals surface area contributed by atoms with Crippen LogP contribution in [0, 0.1) is 0 Å². The number of rotatable bonds is 9. The summed E-state index contributed by atoms with van der Waals surface area (Å²) in [5.41, 5.74) is 2.75. The van der Waals surface area contributed by atoms with Gasteiger partial charge in [-0.15, -0.1) is 0 Å². The van der Waals surface area contributed by atoms with Crippen molar-refractivity contribution >= 4 is 6.01 Å². The first kappa shape index (κ1) is 18.2. The Labute approximate surface area is 153 Å². The van der Waals surface area contributed by atoms with E-state index in [4.69, 9.17) is 9.40 Å². The molecule has 5 heteroatoms. The quantitative estimate of drug-likeness (QED) is 0.616. The summed E-state index contributed by atoms with van der Waals surface area (Å²) in [6, 6.07) is 20.4. The van der Waals surface area contributed by atoms with Crippen LogP contribution in [0.1, 0.15) is 12.8 Å². The molecule has 1 heterocycles. The van der Waals surface area contributed by atoms with Gasteiger partial charge in [0.1, 0.15) is 5.69 Å². The molecule has 0 saturated carbocycles. The van der Waals surface area contributed by atoms with Crippen LogP contribution in [0.2, 0.25) is 0 Å². The van der Waals surface area contributed by atoms with Crippen molar-refractivity contribution in [2.24, 2.45) is 0 Å². The fourth-order valence-corrected chi connectivity index (χ4v) is 2.85. The Morgan fingerprint density at radius 1 is 0.769 bits per heavy atom. The predicted octanol–water partition coefficient (Wildman–Crippen LogP) is 3.58. The molecule has 0 atom stereocenters. The van der Waals surface area contributed by atoms with E-state index in [1.54, 1.807) is 0 Å². The molecular formula is C21H24N2O3. The molecule has 136 valence electrons. The van der Waals surface area contributed by atoms with Crippen molar-refractivity contribution in [3.05, 3.63) is 60.7 Å². The molecule has 0 saturated heterocycles. The van der Waals surface area contributed by atoms with Gasteiger partial charge in [0.15, 0.2) is 5.76 Å². The summed E-state index contributed by atoms with van der Waals surface area (Å²) in [5, 5.41) is 18.4. The predicted molar refractivity (Wildman–Crippen MR) is 103 cm³/mol. The molecule has 0 aliphatic heterocycles. The molecule has 0 aliphatic carbocycles. The Morgan fingerprint density at radius 3 is 1.85 bits per heavy atom. The number of aliphatic hydroxyl groups is 2. The summed E-state index contributed by atoms with van der Waals surface area (Å²) >= 11 is 0. The molecular weight excluding hydrogens is 328 g/mol. The molecule has 3 rings (SSSR count). The van der Waals surface area contributed by atoms with Crippen molar-refractivity contribution in [2.75, 3.05) is 31.2 Å². The topological polar surface area (TPSA) is 69.7 Å². The fourth-order valence-electron chi connectivity index (χ4n) is 2.85. The van der Waals surface area contributed by atoms with Crippen LogP contribution in [-0.2, 0) is 0 Å². The lowest BCUT2D eigenvalue weighted by atomic mass is 10.1. The third-order valence-corrected chi connectivity index (χ3v) is 4.14. The highest BCUT2D eigenvalue weighted by Crippen LogP contribution is 2.35. The Morgan fingerprint density at radius 2 is 1.31 bits per heavy atom. The average molecular weight is 352 g/mol. The van der Waals surface area contributed by atoms with E-state index in [0.717, 1.165) is 22.6 Å². The zero-order valence-electron chi connectivity index (χ0n) is 14.7. The minimum absolute atomic E-state index is 0.105. The van der Waals surface area contributed by atoms with Gasteiger partial charge in [-0.05, 0) is 12.8 Å². The van der Waals surface area contributed by atoms with Gasteiger partial charge in [0.05, 0.1) is 0 Å². The maximum atomic E-state index is 9.18. The van der Waals surface area contributed by atoms with Crippen LogP contribution in [-0.4, -0.2) is 41.5 Å². The molecule has 0 amide bonds. The highest BCUT2D eigenvalue weighted by Gasteiger charge is 2.20. The van der Waals surface area contributed by atoms with Crippen molar-refractivity contribution in [3.8, 4) is 22.6 Å². The zero-order valence-corrected chi connectivity index (χ0v) is 14.7. The van der Waals surface area contributed by atoms with E-state index >= 15 is 0 Å². The second-order valence-electron chi connectivity index (χ2n) is 6.05. The first-order valence-corrected chi connectivity index (χ1v) is 8.92. The third kappa shape index (κ3) is 4.31. The van der Waals surface area contributed by atoms with Crippen LogP contribution in [0.4, 0.5) is 6.01 Å². The first-order chi connectivity index (χ1) is 12.8. The van der Waals surface area contributed by atoms with Crippen LogP contribution in [0.25, 0.3) is 22.6 Å². The van der Waals surface area contributed by atoms with E-state index in [9.17, 15) is 10.2 Å². The van der Waals surface area contributed by atoms with Crippen molar-refractivity contribution in [3.63, 3.8) is 0 Å². The Hall–Kier alpha value is -2.63. The molecule has 5 nitrogen and oxygen atoms in total. The van der Waals surface area contributed by atoms with Gasteiger partial charge in [0.25, 0.3) is 6.01 Å². The lowest BCUT2D eigenvalue weighted by molar-refractivity contribution is 0.280. The van der Waals surface area contributed by atoms with Gasteiger partial charge in [-0.2, -0.15) is 4.98 Å². The van der Waals surface area contributed by atoms with Crippen molar-refractivity contribution in [1.82, 2.24) is 4.98 Å². The standard InChI is InChI=1S/C21H24N2O3/c24-15-7-13-23(14-8-16-25)21-22-19(17-9-3-1-4-10-17)20(26-21)18-11-5-2-6-12-18/h1-6,9-12,24-25H,7-8,13-16H2. The van der Waals surface area contributed by atoms with Crippen LogP contribution in [0.15, 0.2) is 65.1 Å². The van der Waals surface area contributed by atoms with Crippen LogP contribution in [0.5, 0.6) is 0 Å². The fraction of sp³-hybridized carbons (Fsp3) is 0.286. The SMILES string of the molecule is OCCCN(CCCO)c1nc(-c2ccccc2)c(-c2ccccc2)o1. The van der Waals surface area contributed by atoms with Gasteiger partial charge in [-0.3, -0.25) is 0 Å². The van der Waals surface area contributed by atoms with Gasteiger partial charge in [-0.1, -0.05) is 60.7 Å². The normalized spacial score (nSPS) is 10.8. The van der Waals surface area contributed by atoms with Crippen molar-refractivity contribution < 1.29 is 14.6 Å². The zero-order chi connectivity index (χ0) is 18.2. The molecule has 2 N–H and O–H groups in total. The second kappa shape index (κ2) is 9.17. The highest BCUT2D eigenvalue weighted by atomic mass is 16.4. The highest BCUT2D eigenvalue weighted by molar-refractivity contribution is 5.78. The molecule has 0 spiro atoms. The molecule has 0 bridgehead atoms. The third-order valence-electron chi connectivity index (χ3n) is 4.14. The van der Waals surface area contributed by atoms with Crippen LogP contribution in [0.3, 0.4) is 0 Å². The monoisotopic (exact) mass is 352 g/mol. The van der Waals surface area contributed by atoms with E-state index in [2.05, 4.69) is 0 Å². The molecule has 0 radical (unpaired) electrons. The number of benzene rings is 2.